The largest absolute Gasteiger partial charge is 0.444 e. The Morgan fingerprint density at radius 1 is 1.25 bits per heavy atom. The molecule has 0 unspecified atom stereocenters. The predicted molar refractivity (Wildman–Crippen MR) is 102 cm³/mol. The molecule has 0 aliphatic heterocycles. The van der Waals surface area contributed by atoms with Crippen LogP contribution in [-0.2, 0) is 6.54 Å². The molecule has 0 aliphatic carbocycles. The first-order valence-corrected chi connectivity index (χ1v) is 9.17. The van der Waals surface area contributed by atoms with E-state index in [9.17, 15) is 0 Å². The molecule has 0 saturated carbocycles. The van der Waals surface area contributed by atoms with Crippen LogP contribution in [0.15, 0.2) is 39.9 Å². The van der Waals surface area contributed by atoms with Gasteiger partial charge >= 0.3 is 0 Å². The van der Waals surface area contributed by atoms with Gasteiger partial charge in [0, 0.05) is 23.9 Å². The van der Waals surface area contributed by atoms with Crippen molar-refractivity contribution in [3.63, 3.8) is 0 Å². The number of hydrogen-bond donors (Lipinski definition) is 2. The van der Waals surface area contributed by atoms with Crippen LogP contribution in [0, 0.1) is 6.92 Å². The zero-order chi connectivity index (χ0) is 17.6. The molecule has 0 aliphatic rings. The van der Waals surface area contributed by atoms with E-state index in [4.69, 9.17) is 4.42 Å². The van der Waals surface area contributed by atoms with Crippen molar-refractivity contribution in [3.05, 3.63) is 41.8 Å². The van der Waals surface area contributed by atoms with Crippen molar-refractivity contribution in [1.29, 1.82) is 0 Å². The number of oxazole rings is 1. The number of nitrogens with zero attached hydrogens (tertiary/aromatic N) is 2. The van der Waals surface area contributed by atoms with Crippen molar-refractivity contribution in [3.8, 4) is 11.5 Å². The first-order chi connectivity index (χ1) is 11.4. The van der Waals surface area contributed by atoms with Crippen LogP contribution in [0.25, 0.3) is 11.5 Å². The Hall–Kier alpha value is -1.95. The van der Waals surface area contributed by atoms with Gasteiger partial charge in [-0.15, -0.1) is 0 Å². The number of nitrogens with one attached hydrogen (secondary N) is 2. The first-order valence-electron chi connectivity index (χ1n) is 7.94. The summed E-state index contributed by atoms with van der Waals surface area (Å²) in [5.74, 6) is 1.40. The molecule has 1 aromatic heterocycles. The van der Waals surface area contributed by atoms with E-state index in [1.54, 1.807) is 13.3 Å². The lowest BCUT2D eigenvalue weighted by atomic mass is 10.1. The van der Waals surface area contributed by atoms with Gasteiger partial charge in [-0.05, 0) is 39.2 Å². The fourth-order valence-corrected chi connectivity index (χ4v) is 2.20. The third kappa shape index (κ3) is 5.30. The molecule has 0 radical (unpaired) electrons. The average molecular weight is 347 g/mol. The van der Waals surface area contributed by atoms with Gasteiger partial charge < -0.3 is 15.1 Å². The standard InChI is InChI=1S/C18H26N4OS/c1-13-6-8-14(9-7-13)16-22-15(11-23-16)10-20-17(19-4)21-12-18(2,3)24-5/h6-9,11H,10,12H2,1-5H3,(H2,19,20,21). The van der Waals surface area contributed by atoms with E-state index in [1.165, 1.54) is 5.56 Å². The molecule has 0 spiro atoms. The van der Waals surface area contributed by atoms with E-state index < -0.39 is 0 Å². The van der Waals surface area contributed by atoms with Gasteiger partial charge in [0.25, 0.3) is 0 Å². The minimum Gasteiger partial charge on any atom is -0.444 e. The summed E-state index contributed by atoms with van der Waals surface area (Å²) in [6, 6.07) is 8.14. The van der Waals surface area contributed by atoms with E-state index in [1.807, 2.05) is 23.9 Å². The van der Waals surface area contributed by atoms with Crippen LogP contribution >= 0.6 is 11.8 Å². The number of aliphatic imine (C=N–C) groups is 1. The Morgan fingerprint density at radius 3 is 2.58 bits per heavy atom. The van der Waals surface area contributed by atoms with Gasteiger partial charge in [-0.2, -0.15) is 11.8 Å². The molecule has 5 nitrogen and oxygen atoms in total. The summed E-state index contributed by atoms with van der Waals surface area (Å²) in [5, 5.41) is 6.60. The lowest BCUT2D eigenvalue weighted by Crippen LogP contribution is -2.43. The molecule has 0 atom stereocenters. The van der Waals surface area contributed by atoms with Crippen LogP contribution in [-0.4, -0.2) is 35.5 Å². The predicted octanol–water partition coefficient (Wildman–Crippen LogP) is 3.46. The Labute approximate surface area is 148 Å². The summed E-state index contributed by atoms with van der Waals surface area (Å²) >= 11 is 1.82. The highest BCUT2D eigenvalue weighted by molar-refractivity contribution is 7.99. The molecule has 6 heteroatoms. The molecule has 0 bridgehead atoms. The van der Waals surface area contributed by atoms with Crippen LogP contribution in [0.2, 0.25) is 0 Å². The maximum atomic E-state index is 5.57. The number of rotatable bonds is 6. The van der Waals surface area contributed by atoms with Crippen LogP contribution in [0.1, 0.15) is 25.1 Å². The fourth-order valence-electron chi connectivity index (χ4n) is 1.98. The molecular formula is C18H26N4OS. The van der Waals surface area contributed by atoms with E-state index in [0.717, 1.165) is 23.8 Å². The smallest absolute Gasteiger partial charge is 0.226 e. The van der Waals surface area contributed by atoms with E-state index in [0.29, 0.717) is 12.4 Å². The number of hydrogen-bond acceptors (Lipinski definition) is 4. The van der Waals surface area contributed by atoms with E-state index >= 15 is 0 Å². The van der Waals surface area contributed by atoms with Crippen LogP contribution < -0.4 is 10.6 Å². The van der Waals surface area contributed by atoms with Crippen LogP contribution in [0.3, 0.4) is 0 Å². The maximum absolute atomic E-state index is 5.57. The summed E-state index contributed by atoms with van der Waals surface area (Å²) in [6.45, 7) is 7.86. The Balaban J connectivity index is 1.91. The highest BCUT2D eigenvalue weighted by atomic mass is 32.2. The molecule has 0 fully saturated rings. The zero-order valence-electron chi connectivity index (χ0n) is 15.0. The summed E-state index contributed by atoms with van der Waals surface area (Å²) < 4.78 is 5.73. The van der Waals surface area contributed by atoms with Gasteiger partial charge in [0.05, 0.1) is 12.2 Å². The van der Waals surface area contributed by atoms with Gasteiger partial charge in [0.2, 0.25) is 5.89 Å². The number of aromatic nitrogens is 1. The molecular weight excluding hydrogens is 320 g/mol. The van der Waals surface area contributed by atoms with E-state index in [2.05, 4.69) is 59.8 Å². The second-order valence-electron chi connectivity index (χ2n) is 6.25. The Morgan fingerprint density at radius 2 is 1.96 bits per heavy atom. The second kappa shape index (κ2) is 8.24. The van der Waals surface area contributed by atoms with Crippen molar-refractivity contribution in [2.45, 2.75) is 32.1 Å². The molecule has 2 rings (SSSR count). The summed E-state index contributed by atoms with van der Waals surface area (Å²) in [7, 11) is 1.77. The Bertz CT molecular complexity index is 677. The second-order valence-corrected chi connectivity index (χ2v) is 7.77. The molecule has 130 valence electrons. The minimum atomic E-state index is 0.157. The first kappa shape index (κ1) is 18.4. The van der Waals surface area contributed by atoms with Crippen LogP contribution in [0.4, 0.5) is 0 Å². The van der Waals surface area contributed by atoms with Crippen molar-refractivity contribution in [2.75, 3.05) is 19.8 Å². The van der Waals surface area contributed by atoms with E-state index in [-0.39, 0.29) is 4.75 Å². The summed E-state index contributed by atoms with van der Waals surface area (Å²) in [4.78, 5) is 8.77. The lowest BCUT2D eigenvalue weighted by Gasteiger charge is -2.23. The monoisotopic (exact) mass is 346 g/mol. The fraction of sp³-hybridized carbons (Fsp3) is 0.444. The normalized spacial score (nSPS) is 12.3. The maximum Gasteiger partial charge on any atom is 0.226 e. The van der Waals surface area contributed by atoms with Crippen molar-refractivity contribution < 1.29 is 4.42 Å². The molecule has 2 aromatic rings. The topological polar surface area (TPSA) is 62.5 Å². The van der Waals surface area contributed by atoms with Gasteiger partial charge in [0.15, 0.2) is 5.96 Å². The van der Waals surface area contributed by atoms with Crippen LogP contribution in [0.5, 0.6) is 0 Å². The molecule has 1 heterocycles. The van der Waals surface area contributed by atoms with Crippen molar-refractivity contribution in [1.82, 2.24) is 15.6 Å². The van der Waals surface area contributed by atoms with Gasteiger partial charge in [0.1, 0.15) is 6.26 Å². The number of guanidine groups is 1. The van der Waals surface area contributed by atoms with Gasteiger partial charge in [-0.25, -0.2) is 4.98 Å². The number of benzene rings is 1. The van der Waals surface area contributed by atoms with Gasteiger partial charge in [-0.3, -0.25) is 4.99 Å². The average Bonchev–Trinajstić information content (AvgIpc) is 3.04. The highest BCUT2D eigenvalue weighted by Gasteiger charge is 2.16. The van der Waals surface area contributed by atoms with Crippen molar-refractivity contribution in [2.24, 2.45) is 4.99 Å². The zero-order valence-corrected chi connectivity index (χ0v) is 15.8. The lowest BCUT2D eigenvalue weighted by molar-refractivity contribution is 0.572. The van der Waals surface area contributed by atoms with Crippen molar-refractivity contribution >= 4 is 17.7 Å². The molecule has 2 N–H and O–H groups in total. The minimum absolute atomic E-state index is 0.157. The van der Waals surface area contributed by atoms with Gasteiger partial charge in [-0.1, -0.05) is 17.7 Å². The molecule has 24 heavy (non-hydrogen) atoms. The highest BCUT2D eigenvalue weighted by Crippen LogP contribution is 2.20. The SMILES string of the molecule is CN=C(NCc1coc(-c2ccc(C)cc2)n1)NCC(C)(C)SC. The molecule has 1 aromatic carbocycles. The number of aryl methyl sites for hydroxylation is 1. The third-order valence-electron chi connectivity index (χ3n) is 3.74. The quantitative estimate of drug-likeness (QED) is 0.619. The summed E-state index contributed by atoms with van der Waals surface area (Å²) in [5.41, 5.74) is 3.05. The molecule has 0 amide bonds. The summed E-state index contributed by atoms with van der Waals surface area (Å²) in [6.07, 6.45) is 3.79. The number of thioether (sulfide) groups is 1. The third-order valence-corrected chi connectivity index (χ3v) is 4.99. The Kier molecular flexibility index (Phi) is 6.31. The molecule has 0 saturated heterocycles.